The Kier molecular flexibility index (Phi) is 7.21. The van der Waals surface area contributed by atoms with Gasteiger partial charge in [0.2, 0.25) is 5.78 Å². The van der Waals surface area contributed by atoms with Gasteiger partial charge in [0, 0.05) is 25.3 Å². The van der Waals surface area contributed by atoms with E-state index in [1.165, 1.54) is 12.3 Å². The van der Waals surface area contributed by atoms with Gasteiger partial charge in [0.15, 0.2) is 6.61 Å². The molecule has 5 nitrogen and oxygen atoms in total. The third kappa shape index (κ3) is 5.58. The van der Waals surface area contributed by atoms with Crippen molar-refractivity contribution in [3.05, 3.63) is 40.0 Å². The molecule has 7 heteroatoms. The second-order valence-electron chi connectivity index (χ2n) is 4.51. The number of nitrogens with zero attached hydrogens (tertiary/aromatic N) is 1. The van der Waals surface area contributed by atoms with Crippen LogP contribution in [0.25, 0.3) is 0 Å². The van der Waals surface area contributed by atoms with E-state index in [1.807, 2.05) is 0 Å². The molecule has 0 amide bonds. The summed E-state index contributed by atoms with van der Waals surface area (Å²) in [6.45, 7) is 1.51. The number of halogens is 2. The Labute approximate surface area is 139 Å². The summed E-state index contributed by atoms with van der Waals surface area (Å²) in [4.78, 5) is 25.5. The summed E-state index contributed by atoms with van der Waals surface area (Å²) in [6.07, 6.45) is 1.40. The fourth-order valence-corrected chi connectivity index (χ4v) is 1.98. The Morgan fingerprint density at radius 2 is 1.95 bits per heavy atom. The van der Waals surface area contributed by atoms with E-state index in [1.54, 1.807) is 38.1 Å². The summed E-state index contributed by atoms with van der Waals surface area (Å²) in [6, 6.07) is 4.65. The quantitative estimate of drug-likeness (QED) is 0.329. The van der Waals surface area contributed by atoms with E-state index in [9.17, 15) is 9.59 Å². The van der Waals surface area contributed by atoms with E-state index in [0.29, 0.717) is 10.8 Å². The zero-order valence-corrected chi connectivity index (χ0v) is 14.1. The maximum absolute atomic E-state index is 12.2. The zero-order valence-electron chi connectivity index (χ0n) is 12.6. The number of rotatable bonds is 7. The van der Waals surface area contributed by atoms with E-state index in [4.69, 9.17) is 32.7 Å². The molecule has 0 aliphatic heterocycles. The minimum Gasteiger partial charge on any atom is -0.484 e. The normalized spacial score (nSPS) is 11.0. The molecule has 0 atom stereocenters. The zero-order chi connectivity index (χ0) is 16.7. The topological polar surface area (TPSA) is 55.8 Å². The molecule has 0 saturated heterocycles. The Morgan fingerprint density at radius 1 is 1.27 bits per heavy atom. The predicted octanol–water partition coefficient (Wildman–Crippen LogP) is 2.95. The molecule has 1 aromatic carbocycles. The molecule has 0 aliphatic carbocycles. The number of esters is 1. The van der Waals surface area contributed by atoms with Crippen molar-refractivity contribution in [2.75, 3.05) is 27.3 Å². The molecular weight excluding hydrogens is 329 g/mol. The van der Waals surface area contributed by atoms with E-state index < -0.39 is 11.8 Å². The van der Waals surface area contributed by atoms with Crippen molar-refractivity contribution >= 4 is 35.0 Å². The van der Waals surface area contributed by atoms with Gasteiger partial charge in [0.25, 0.3) is 0 Å². The van der Waals surface area contributed by atoms with E-state index >= 15 is 0 Å². The molecule has 0 fully saturated rings. The van der Waals surface area contributed by atoms with Crippen LogP contribution >= 0.6 is 23.2 Å². The van der Waals surface area contributed by atoms with Gasteiger partial charge in [0.1, 0.15) is 11.3 Å². The molecular formula is C15H17Cl2NO4. The molecule has 0 spiro atoms. The Bertz CT molecular complexity index is 585. The first-order valence-corrected chi connectivity index (χ1v) is 7.27. The standard InChI is InChI=1S/C15H17Cl2NO4/c1-4-21-15(20)11(8-18(2)3)13(19)9-22-14-6-5-10(16)7-12(14)17/h5-8H,4,9H2,1-3H3. The summed E-state index contributed by atoms with van der Waals surface area (Å²) in [5.41, 5.74) is -0.0862. The SMILES string of the molecule is CCOC(=O)C(=CN(C)C)C(=O)COc1ccc(Cl)cc1Cl. The lowest BCUT2D eigenvalue weighted by molar-refractivity contribution is -0.140. The van der Waals surface area contributed by atoms with Gasteiger partial charge in [-0.2, -0.15) is 0 Å². The fraction of sp³-hybridized carbons (Fsp3) is 0.333. The third-order valence-corrected chi connectivity index (χ3v) is 2.97. The van der Waals surface area contributed by atoms with Gasteiger partial charge in [-0.05, 0) is 25.1 Å². The Hall–Kier alpha value is -1.72. The van der Waals surface area contributed by atoms with Gasteiger partial charge in [-0.1, -0.05) is 23.2 Å². The number of Topliss-reactive ketones (excluding diaryl/α,β-unsaturated/α-hetero) is 1. The lowest BCUT2D eigenvalue weighted by Crippen LogP contribution is -2.23. The number of hydrogen-bond donors (Lipinski definition) is 0. The van der Waals surface area contributed by atoms with Crippen LogP contribution in [0.2, 0.25) is 10.0 Å². The number of benzene rings is 1. The molecule has 0 aromatic heterocycles. The maximum atomic E-state index is 12.2. The molecule has 22 heavy (non-hydrogen) atoms. The molecule has 0 unspecified atom stereocenters. The van der Waals surface area contributed by atoms with Crippen LogP contribution < -0.4 is 4.74 Å². The van der Waals surface area contributed by atoms with Crippen LogP contribution in [0.5, 0.6) is 5.75 Å². The van der Waals surface area contributed by atoms with Crippen molar-refractivity contribution in [2.45, 2.75) is 6.92 Å². The monoisotopic (exact) mass is 345 g/mol. The van der Waals surface area contributed by atoms with E-state index in [0.717, 1.165) is 0 Å². The molecule has 0 saturated carbocycles. The average Bonchev–Trinajstić information content (AvgIpc) is 2.43. The number of ether oxygens (including phenoxy) is 2. The van der Waals surface area contributed by atoms with E-state index in [-0.39, 0.29) is 23.8 Å². The maximum Gasteiger partial charge on any atom is 0.343 e. The highest BCUT2D eigenvalue weighted by Gasteiger charge is 2.21. The first kappa shape index (κ1) is 18.3. The molecule has 0 N–H and O–H groups in total. The van der Waals surface area contributed by atoms with Crippen LogP contribution in [0.15, 0.2) is 30.0 Å². The van der Waals surface area contributed by atoms with Gasteiger partial charge in [-0.3, -0.25) is 4.79 Å². The Morgan fingerprint density at radius 3 is 2.50 bits per heavy atom. The van der Waals surface area contributed by atoms with Crippen molar-refractivity contribution < 1.29 is 19.1 Å². The van der Waals surface area contributed by atoms with Crippen molar-refractivity contribution in [1.82, 2.24) is 4.90 Å². The summed E-state index contributed by atoms with van der Waals surface area (Å²) < 4.78 is 10.2. The van der Waals surface area contributed by atoms with Crippen molar-refractivity contribution in [2.24, 2.45) is 0 Å². The first-order valence-electron chi connectivity index (χ1n) is 6.51. The lowest BCUT2D eigenvalue weighted by Gasteiger charge is -2.12. The van der Waals surface area contributed by atoms with Crippen LogP contribution in [-0.4, -0.2) is 44.0 Å². The molecule has 120 valence electrons. The summed E-state index contributed by atoms with van der Waals surface area (Å²) in [5.74, 6) is -0.877. The smallest absolute Gasteiger partial charge is 0.343 e. The van der Waals surface area contributed by atoms with Crippen molar-refractivity contribution in [3.8, 4) is 5.75 Å². The highest BCUT2D eigenvalue weighted by Crippen LogP contribution is 2.27. The van der Waals surface area contributed by atoms with Gasteiger partial charge < -0.3 is 14.4 Å². The third-order valence-electron chi connectivity index (χ3n) is 2.44. The first-order chi connectivity index (χ1) is 10.3. The van der Waals surface area contributed by atoms with Crippen LogP contribution in [0.3, 0.4) is 0 Å². The van der Waals surface area contributed by atoms with Crippen LogP contribution in [0.4, 0.5) is 0 Å². The van der Waals surface area contributed by atoms with Crippen LogP contribution in [0.1, 0.15) is 6.92 Å². The van der Waals surface area contributed by atoms with Gasteiger partial charge >= 0.3 is 5.97 Å². The van der Waals surface area contributed by atoms with Gasteiger partial charge in [-0.25, -0.2) is 4.79 Å². The summed E-state index contributed by atoms with van der Waals surface area (Å²) in [7, 11) is 3.40. The highest BCUT2D eigenvalue weighted by molar-refractivity contribution is 6.35. The second-order valence-corrected chi connectivity index (χ2v) is 5.36. The number of carbonyl (C=O) groups excluding carboxylic acids is 2. The Balaban J connectivity index is 2.81. The van der Waals surface area contributed by atoms with Crippen LogP contribution in [0, 0.1) is 0 Å². The van der Waals surface area contributed by atoms with Crippen molar-refractivity contribution in [1.29, 1.82) is 0 Å². The minimum absolute atomic E-state index is 0.0862. The van der Waals surface area contributed by atoms with Gasteiger partial charge in [0.05, 0.1) is 11.6 Å². The minimum atomic E-state index is -0.688. The summed E-state index contributed by atoms with van der Waals surface area (Å²) in [5, 5.41) is 0.748. The van der Waals surface area contributed by atoms with E-state index in [2.05, 4.69) is 0 Å². The molecule has 1 aromatic rings. The molecule has 0 heterocycles. The lowest BCUT2D eigenvalue weighted by atomic mass is 10.2. The molecule has 0 radical (unpaired) electrons. The average molecular weight is 346 g/mol. The fourth-order valence-electron chi connectivity index (χ4n) is 1.52. The summed E-state index contributed by atoms with van der Waals surface area (Å²) >= 11 is 11.7. The largest absolute Gasteiger partial charge is 0.484 e. The second kappa shape index (κ2) is 8.66. The highest BCUT2D eigenvalue weighted by atomic mass is 35.5. The number of ketones is 1. The molecule has 1 rings (SSSR count). The number of hydrogen-bond acceptors (Lipinski definition) is 5. The van der Waals surface area contributed by atoms with Gasteiger partial charge in [-0.15, -0.1) is 0 Å². The van der Waals surface area contributed by atoms with Crippen molar-refractivity contribution in [3.63, 3.8) is 0 Å². The number of carbonyl (C=O) groups is 2. The van der Waals surface area contributed by atoms with Crippen LogP contribution in [-0.2, 0) is 14.3 Å². The molecule has 0 aliphatic rings. The molecule has 0 bridgehead atoms. The predicted molar refractivity (Wildman–Crippen MR) is 85.4 cm³/mol.